The Balaban J connectivity index is 2.14. The fourth-order valence-corrected chi connectivity index (χ4v) is 3.04. The quantitative estimate of drug-likeness (QED) is 0.656. The van der Waals surface area contributed by atoms with E-state index in [9.17, 15) is 10.1 Å². The second-order valence-corrected chi connectivity index (χ2v) is 5.90. The van der Waals surface area contributed by atoms with Crippen LogP contribution in [-0.4, -0.2) is 24.1 Å². The van der Waals surface area contributed by atoms with E-state index in [0.717, 1.165) is 25.9 Å². The summed E-state index contributed by atoms with van der Waals surface area (Å²) in [7, 11) is 0. The molecule has 0 aliphatic carbocycles. The molecule has 2 unspecified atom stereocenters. The SMILES string of the molecule is CC(Nc1c(Cl)cc([N+](=O)[O-])cc1Cl)C1CCCNC1. The summed E-state index contributed by atoms with van der Waals surface area (Å²) in [6.45, 7) is 4.09. The molecule has 1 aliphatic rings. The molecule has 2 N–H and O–H groups in total. The van der Waals surface area contributed by atoms with Gasteiger partial charge in [-0.05, 0) is 38.8 Å². The zero-order valence-electron chi connectivity index (χ0n) is 11.2. The first-order valence-electron chi connectivity index (χ1n) is 6.59. The maximum absolute atomic E-state index is 10.7. The van der Waals surface area contributed by atoms with Gasteiger partial charge in [-0.1, -0.05) is 23.2 Å². The van der Waals surface area contributed by atoms with Gasteiger partial charge >= 0.3 is 0 Å². The van der Waals surface area contributed by atoms with Crippen molar-refractivity contribution >= 4 is 34.6 Å². The second kappa shape index (κ2) is 6.61. The molecule has 5 nitrogen and oxygen atoms in total. The van der Waals surface area contributed by atoms with Crippen molar-refractivity contribution in [1.82, 2.24) is 5.32 Å². The van der Waals surface area contributed by atoms with Crippen molar-refractivity contribution in [3.05, 3.63) is 32.3 Å². The van der Waals surface area contributed by atoms with Crippen LogP contribution in [0.1, 0.15) is 19.8 Å². The van der Waals surface area contributed by atoms with E-state index >= 15 is 0 Å². The van der Waals surface area contributed by atoms with Crippen molar-refractivity contribution in [2.45, 2.75) is 25.8 Å². The Labute approximate surface area is 127 Å². The van der Waals surface area contributed by atoms with E-state index < -0.39 is 4.92 Å². The molecule has 110 valence electrons. The van der Waals surface area contributed by atoms with E-state index in [1.807, 2.05) is 0 Å². The van der Waals surface area contributed by atoms with E-state index in [0.29, 0.717) is 11.6 Å². The van der Waals surface area contributed by atoms with Crippen molar-refractivity contribution in [3.63, 3.8) is 0 Å². The first-order chi connectivity index (χ1) is 9.49. The van der Waals surface area contributed by atoms with Crippen molar-refractivity contribution < 1.29 is 4.92 Å². The summed E-state index contributed by atoms with van der Waals surface area (Å²) in [6, 6.07) is 2.84. The van der Waals surface area contributed by atoms with E-state index in [2.05, 4.69) is 17.6 Å². The van der Waals surface area contributed by atoms with Crippen LogP contribution in [0.15, 0.2) is 12.1 Å². The van der Waals surface area contributed by atoms with Crippen LogP contribution in [0.3, 0.4) is 0 Å². The largest absolute Gasteiger partial charge is 0.380 e. The molecule has 0 saturated carbocycles. The van der Waals surface area contributed by atoms with Crippen molar-refractivity contribution in [2.75, 3.05) is 18.4 Å². The third-order valence-corrected chi connectivity index (χ3v) is 4.25. The lowest BCUT2D eigenvalue weighted by molar-refractivity contribution is -0.384. The fraction of sp³-hybridized carbons (Fsp3) is 0.538. The smallest absolute Gasteiger partial charge is 0.272 e. The summed E-state index contributed by atoms with van der Waals surface area (Å²) < 4.78 is 0. The van der Waals surface area contributed by atoms with Crippen LogP contribution in [-0.2, 0) is 0 Å². The van der Waals surface area contributed by atoms with Gasteiger partial charge in [-0.25, -0.2) is 0 Å². The Morgan fingerprint density at radius 1 is 1.45 bits per heavy atom. The highest BCUT2D eigenvalue weighted by Gasteiger charge is 2.22. The number of benzene rings is 1. The molecule has 0 spiro atoms. The van der Waals surface area contributed by atoms with Crippen LogP contribution in [0.2, 0.25) is 10.0 Å². The molecule has 0 radical (unpaired) electrons. The van der Waals surface area contributed by atoms with Gasteiger partial charge in [-0.15, -0.1) is 0 Å². The summed E-state index contributed by atoms with van der Waals surface area (Å²) in [5, 5.41) is 17.9. The average Bonchev–Trinajstić information content (AvgIpc) is 2.43. The molecule has 7 heteroatoms. The Bertz CT molecular complexity index is 481. The van der Waals surface area contributed by atoms with Gasteiger partial charge in [0, 0.05) is 18.2 Å². The lowest BCUT2D eigenvalue weighted by Gasteiger charge is -2.30. The van der Waals surface area contributed by atoms with Gasteiger partial charge in [0.25, 0.3) is 5.69 Å². The van der Waals surface area contributed by atoms with Crippen LogP contribution in [0.25, 0.3) is 0 Å². The third kappa shape index (κ3) is 3.53. The molecule has 0 bridgehead atoms. The monoisotopic (exact) mass is 317 g/mol. The lowest BCUT2D eigenvalue weighted by atomic mass is 9.92. The maximum Gasteiger partial charge on any atom is 0.272 e. The number of hydrogen-bond donors (Lipinski definition) is 2. The second-order valence-electron chi connectivity index (χ2n) is 5.08. The topological polar surface area (TPSA) is 67.2 Å². The summed E-state index contributed by atoms with van der Waals surface area (Å²) >= 11 is 12.2. The van der Waals surface area contributed by atoms with E-state index in [1.54, 1.807) is 0 Å². The molecule has 1 heterocycles. The van der Waals surface area contributed by atoms with Crippen LogP contribution in [0.5, 0.6) is 0 Å². The minimum atomic E-state index is -0.504. The minimum Gasteiger partial charge on any atom is -0.380 e. The molecular formula is C13H17Cl2N3O2. The third-order valence-electron chi connectivity index (χ3n) is 3.65. The number of hydrogen-bond acceptors (Lipinski definition) is 4. The molecule has 1 fully saturated rings. The molecule has 20 heavy (non-hydrogen) atoms. The molecule has 0 amide bonds. The zero-order valence-corrected chi connectivity index (χ0v) is 12.7. The maximum atomic E-state index is 10.7. The van der Waals surface area contributed by atoms with Gasteiger partial charge in [0.05, 0.1) is 20.7 Å². The predicted octanol–water partition coefficient (Wildman–Crippen LogP) is 3.70. The first-order valence-corrected chi connectivity index (χ1v) is 7.35. The van der Waals surface area contributed by atoms with Gasteiger partial charge in [0.15, 0.2) is 0 Å². The molecule has 0 aromatic heterocycles. The van der Waals surface area contributed by atoms with Crippen LogP contribution >= 0.6 is 23.2 Å². The van der Waals surface area contributed by atoms with Crippen LogP contribution < -0.4 is 10.6 Å². The molecule has 1 aromatic rings. The van der Waals surface area contributed by atoms with Crippen molar-refractivity contribution in [1.29, 1.82) is 0 Å². The average molecular weight is 318 g/mol. The summed E-state index contributed by atoms with van der Waals surface area (Å²) in [6.07, 6.45) is 2.29. The number of piperidine rings is 1. The predicted molar refractivity (Wildman–Crippen MR) is 81.8 cm³/mol. The minimum absolute atomic E-state index is 0.0995. The summed E-state index contributed by atoms with van der Waals surface area (Å²) in [5.74, 6) is 0.492. The Hall–Kier alpha value is -1.04. The van der Waals surface area contributed by atoms with Gasteiger partial charge in [-0.3, -0.25) is 10.1 Å². The highest BCUT2D eigenvalue weighted by molar-refractivity contribution is 6.39. The first kappa shape index (κ1) is 15.4. The number of nitro groups is 1. The van der Waals surface area contributed by atoms with Gasteiger partial charge in [-0.2, -0.15) is 0 Å². The Morgan fingerprint density at radius 3 is 2.60 bits per heavy atom. The highest BCUT2D eigenvalue weighted by atomic mass is 35.5. The number of nitrogens with one attached hydrogen (secondary N) is 2. The Morgan fingerprint density at radius 2 is 2.10 bits per heavy atom. The molecule has 1 saturated heterocycles. The van der Waals surface area contributed by atoms with E-state index in [-0.39, 0.29) is 21.8 Å². The van der Waals surface area contributed by atoms with Crippen LogP contribution in [0, 0.1) is 16.0 Å². The van der Waals surface area contributed by atoms with E-state index in [1.165, 1.54) is 12.1 Å². The number of rotatable bonds is 4. The molecular weight excluding hydrogens is 301 g/mol. The standard InChI is InChI=1S/C13H17Cl2N3O2/c1-8(9-3-2-4-16-7-9)17-13-11(14)5-10(18(19)20)6-12(13)15/h5-6,8-9,16-17H,2-4,7H2,1H3. The molecule has 2 rings (SSSR count). The van der Waals surface area contributed by atoms with Crippen molar-refractivity contribution in [2.24, 2.45) is 5.92 Å². The zero-order chi connectivity index (χ0) is 14.7. The lowest BCUT2D eigenvalue weighted by Crippen LogP contribution is -2.38. The van der Waals surface area contributed by atoms with Crippen LogP contribution in [0.4, 0.5) is 11.4 Å². The van der Waals surface area contributed by atoms with Crippen molar-refractivity contribution in [3.8, 4) is 0 Å². The van der Waals surface area contributed by atoms with Gasteiger partial charge in [0.2, 0.25) is 0 Å². The number of anilines is 1. The summed E-state index contributed by atoms with van der Waals surface area (Å²) in [4.78, 5) is 10.2. The molecule has 2 atom stereocenters. The molecule has 1 aliphatic heterocycles. The number of non-ortho nitro benzene ring substituents is 1. The van der Waals surface area contributed by atoms with Gasteiger partial charge < -0.3 is 10.6 Å². The van der Waals surface area contributed by atoms with Gasteiger partial charge in [0.1, 0.15) is 0 Å². The fourth-order valence-electron chi connectivity index (χ4n) is 2.45. The highest BCUT2D eigenvalue weighted by Crippen LogP contribution is 2.35. The molecule has 1 aromatic carbocycles. The number of nitro benzene ring substituents is 1. The summed E-state index contributed by atoms with van der Waals surface area (Å²) in [5.41, 5.74) is 0.467. The van der Waals surface area contributed by atoms with E-state index in [4.69, 9.17) is 23.2 Å². The normalized spacial score (nSPS) is 20.4. The number of nitrogens with zero attached hydrogens (tertiary/aromatic N) is 1. The number of halogens is 2. The Kier molecular flexibility index (Phi) is 5.07.